The summed E-state index contributed by atoms with van der Waals surface area (Å²) in [7, 11) is 1.73. The van der Waals surface area contributed by atoms with Crippen LogP contribution in [0.4, 0.5) is 0 Å². The van der Waals surface area contributed by atoms with Crippen molar-refractivity contribution in [2.24, 2.45) is 0 Å². The van der Waals surface area contributed by atoms with Gasteiger partial charge in [0.1, 0.15) is 0 Å². The number of nitrogens with zero attached hydrogens (tertiary/aromatic N) is 1. The van der Waals surface area contributed by atoms with Crippen molar-refractivity contribution in [3.05, 3.63) is 22.4 Å². The maximum Gasteiger partial charge on any atom is 0.227 e. The lowest BCUT2D eigenvalue weighted by atomic mass is 10.0. The van der Waals surface area contributed by atoms with Crippen LogP contribution in [-0.4, -0.2) is 35.1 Å². The van der Waals surface area contributed by atoms with Crippen LogP contribution in [0.5, 0.6) is 0 Å². The third kappa shape index (κ3) is 3.04. The van der Waals surface area contributed by atoms with Crippen LogP contribution in [0.25, 0.3) is 0 Å². The molecule has 84 valence electrons. The summed E-state index contributed by atoms with van der Waals surface area (Å²) < 4.78 is 0. The Bertz CT molecular complexity index is 319. The minimum Gasteiger partial charge on any atom is -0.394 e. The number of carbonyl (C=O) groups is 1. The topological polar surface area (TPSA) is 40.5 Å². The van der Waals surface area contributed by atoms with E-state index >= 15 is 0 Å². The highest BCUT2D eigenvalue weighted by molar-refractivity contribution is 7.07. The van der Waals surface area contributed by atoms with Gasteiger partial charge >= 0.3 is 0 Å². The second kappa shape index (κ2) is 4.77. The van der Waals surface area contributed by atoms with Crippen LogP contribution >= 0.6 is 11.3 Å². The molecule has 0 saturated carbocycles. The van der Waals surface area contributed by atoms with Crippen LogP contribution in [0.2, 0.25) is 0 Å². The Labute approximate surface area is 94.3 Å². The molecule has 0 bridgehead atoms. The fourth-order valence-electron chi connectivity index (χ4n) is 1.13. The van der Waals surface area contributed by atoms with Crippen molar-refractivity contribution in [2.45, 2.75) is 25.8 Å². The van der Waals surface area contributed by atoms with Gasteiger partial charge in [0, 0.05) is 7.05 Å². The summed E-state index contributed by atoms with van der Waals surface area (Å²) in [5, 5.41) is 13.1. The van der Waals surface area contributed by atoms with Gasteiger partial charge in [-0.15, -0.1) is 0 Å². The van der Waals surface area contributed by atoms with Gasteiger partial charge in [-0.2, -0.15) is 11.3 Å². The quantitative estimate of drug-likeness (QED) is 0.847. The minimum atomic E-state index is -0.493. The number of hydrogen-bond donors (Lipinski definition) is 1. The molecule has 0 aromatic carbocycles. The number of thiophene rings is 1. The van der Waals surface area contributed by atoms with Gasteiger partial charge in [0.2, 0.25) is 5.91 Å². The third-order valence-electron chi connectivity index (χ3n) is 2.60. The lowest BCUT2D eigenvalue weighted by Gasteiger charge is -2.33. The molecular weight excluding hydrogens is 210 g/mol. The summed E-state index contributed by atoms with van der Waals surface area (Å²) in [5.41, 5.74) is 0.540. The van der Waals surface area contributed by atoms with E-state index in [0.717, 1.165) is 5.56 Å². The average molecular weight is 227 g/mol. The van der Waals surface area contributed by atoms with Gasteiger partial charge < -0.3 is 10.0 Å². The predicted molar refractivity (Wildman–Crippen MR) is 62.0 cm³/mol. The van der Waals surface area contributed by atoms with Crippen LogP contribution in [0.15, 0.2) is 16.8 Å². The van der Waals surface area contributed by atoms with E-state index in [0.29, 0.717) is 6.42 Å². The molecule has 0 aliphatic heterocycles. The number of aliphatic hydroxyl groups excluding tert-OH is 1. The Morgan fingerprint density at radius 3 is 2.73 bits per heavy atom. The summed E-state index contributed by atoms with van der Waals surface area (Å²) in [4.78, 5) is 13.4. The average Bonchev–Trinajstić information content (AvgIpc) is 2.69. The zero-order valence-electron chi connectivity index (χ0n) is 9.36. The van der Waals surface area contributed by atoms with E-state index in [1.54, 1.807) is 23.3 Å². The summed E-state index contributed by atoms with van der Waals surface area (Å²) in [6, 6.07) is 1.95. The number of rotatable bonds is 4. The summed E-state index contributed by atoms with van der Waals surface area (Å²) in [6.07, 6.45) is 0.406. The lowest BCUT2D eigenvalue weighted by molar-refractivity contribution is -0.135. The van der Waals surface area contributed by atoms with Gasteiger partial charge in [-0.3, -0.25) is 4.79 Å². The van der Waals surface area contributed by atoms with E-state index in [2.05, 4.69) is 0 Å². The van der Waals surface area contributed by atoms with Gasteiger partial charge in [0.05, 0.1) is 18.6 Å². The first-order valence-corrected chi connectivity index (χ1v) is 5.80. The van der Waals surface area contributed by atoms with E-state index in [9.17, 15) is 4.79 Å². The van der Waals surface area contributed by atoms with E-state index in [4.69, 9.17) is 5.11 Å². The highest BCUT2D eigenvalue weighted by Gasteiger charge is 2.26. The number of likely N-dealkylation sites (N-methyl/N-ethyl adjacent to an activating group) is 1. The molecule has 0 fully saturated rings. The fraction of sp³-hybridized carbons (Fsp3) is 0.545. The molecule has 0 spiro atoms. The van der Waals surface area contributed by atoms with E-state index in [1.165, 1.54) is 0 Å². The molecule has 1 aromatic heterocycles. The monoisotopic (exact) mass is 227 g/mol. The van der Waals surface area contributed by atoms with Crippen LogP contribution in [-0.2, 0) is 11.2 Å². The van der Waals surface area contributed by atoms with Crippen molar-refractivity contribution in [1.82, 2.24) is 4.90 Å². The Morgan fingerprint density at radius 1 is 1.60 bits per heavy atom. The lowest BCUT2D eigenvalue weighted by Crippen LogP contribution is -2.48. The molecule has 1 N–H and O–H groups in total. The zero-order valence-corrected chi connectivity index (χ0v) is 10.2. The smallest absolute Gasteiger partial charge is 0.227 e. The molecule has 1 amide bonds. The van der Waals surface area contributed by atoms with Gasteiger partial charge in [0.25, 0.3) is 0 Å². The van der Waals surface area contributed by atoms with Crippen molar-refractivity contribution in [1.29, 1.82) is 0 Å². The Balaban J connectivity index is 2.62. The second-order valence-corrected chi connectivity index (χ2v) is 5.01. The maximum absolute atomic E-state index is 11.8. The first-order chi connectivity index (χ1) is 6.97. The third-order valence-corrected chi connectivity index (χ3v) is 3.34. The van der Waals surface area contributed by atoms with Gasteiger partial charge in [-0.25, -0.2) is 0 Å². The molecule has 0 aliphatic rings. The molecule has 3 nitrogen and oxygen atoms in total. The highest BCUT2D eigenvalue weighted by atomic mass is 32.1. The normalized spacial score (nSPS) is 11.5. The summed E-state index contributed by atoms with van der Waals surface area (Å²) in [5.74, 6) is 0.0347. The maximum atomic E-state index is 11.8. The molecule has 0 atom stereocenters. The van der Waals surface area contributed by atoms with Gasteiger partial charge in [0.15, 0.2) is 0 Å². The first kappa shape index (κ1) is 12.2. The van der Waals surface area contributed by atoms with Crippen molar-refractivity contribution in [2.75, 3.05) is 13.7 Å². The fourth-order valence-corrected chi connectivity index (χ4v) is 1.80. The molecule has 0 aliphatic carbocycles. The molecular formula is C11H17NO2S. The molecule has 1 heterocycles. The van der Waals surface area contributed by atoms with Gasteiger partial charge in [-0.1, -0.05) is 0 Å². The van der Waals surface area contributed by atoms with E-state index in [1.807, 2.05) is 30.7 Å². The van der Waals surface area contributed by atoms with Crippen molar-refractivity contribution < 1.29 is 9.90 Å². The van der Waals surface area contributed by atoms with E-state index < -0.39 is 5.54 Å². The van der Waals surface area contributed by atoms with Crippen molar-refractivity contribution in [3.8, 4) is 0 Å². The number of aliphatic hydroxyl groups is 1. The summed E-state index contributed by atoms with van der Waals surface area (Å²) >= 11 is 1.59. The van der Waals surface area contributed by atoms with Crippen LogP contribution < -0.4 is 0 Å². The first-order valence-electron chi connectivity index (χ1n) is 4.86. The number of carbonyl (C=O) groups excluding carboxylic acids is 1. The highest BCUT2D eigenvalue weighted by Crippen LogP contribution is 2.14. The zero-order chi connectivity index (χ0) is 11.5. The van der Waals surface area contributed by atoms with E-state index in [-0.39, 0.29) is 12.5 Å². The van der Waals surface area contributed by atoms with Gasteiger partial charge in [-0.05, 0) is 36.2 Å². The van der Waals surface area contributed by atoms with Crippen LogP contribution in [0, 0.1) is 0 Å². The molecule has 4 heteroatoms. The Kier molecular flexibility index (Phi) is 3.88. The van der Waals surface area contributed by atoms with Crippen molar-refractivity contribution in [3.63, 3.8) is 0 Å². The Hall–Kier alpha value is -0.870. The summed E-state index contributed by atoms with van der Waals surface area (Å²) in [6.45, 7) is 3.66. The molecule has 0 saturated heterocycles. The SMILES string of the molecule is CN(C(=O)Cc1ccsc1)C(C)(C)CO. The van der Waals surface area contributed by atoms with Crippen LogP contribution in [0.3, 0.4) is 0 Å². The number of hydrogen-bond acceptors (Lipinski definition) is 3. The minimum absolute atomic E-state index is 0.0289. The predicted octanol–water partition coefficient (Wildman–Crippen LogP) is 1.52. The standard InChI is InChI=1S/C11H17NO2S/c1-11(2,8-13)12(3)10(14)6-9-4-5-15-7-9/h4-5,7,13H,6,8H2,1-3H3. The van der Waals surface area contributed by atoms with Crippen LogP contribution in [0.1, 0.15) is 19.4 Å². The Morgan fingerprint density at radius 2 is 2.27 bits per heavy atom. The molecule has 0 unspecified atom stereocenters. The molecule has 1 aromatic rings. The number of amides is 1. The molecule has 15 heavy (non-hydrogen) atoms. The van der Waals surface area contributed by atoms with Crippen molar-refractivity contribution >= 4 is 17.2 Å². The second-order valence-electron chi connectivity index (χ2n) is 4.23. The largest absolute Gasteiger partial charge is 0.394 e. The molecule has 1 rings (SSSR count). The molecule has 0 radical (unpaired) electrons.